The van der Waals surface area contributed by atoms with Gasteiger partial charge in [0.25, 0.3) is 0 Å². The van der Waals surface area contributed by atoms with E-state index in [1.807, 2.05) is 24.3 Å². The Bertz CT molecular complexity index is 2600. The van der Waals surface area contributed by atoms with Crippen LogP contribution in [0.2, 0.25) is 0 Å². The molecule has 2 nitrogen and oxygen atoms in total. The molecule has 244 valence electrons. The Morgan fingerprint density at radius 1 is 0.549 bits per heavy atom. The molecule has 8 rings (SSSR count). The van der Waals surface area contributed by atoms with Gasteiger partial charge in [-0.1, -0.05) is 146 Å². The Balaban J connectivity index is 1.33. The van der Waals surface area contributed by atoms with Crippen molar-refractivity contribution in [1.82, 2.24) is 9.55 Å². The van der Waals surface area contributed by atoms with E-state index in [-0.39, 0.29) is 0 Å². The SMILES string of the molecule is C=C/C=C\C=C\c1cc(-c2c(/C=C\C)c(C)c(-c3ccc(-n4c5ccccc5c5ccccc54)cc3)c3ccccc23)cc(-c2ccccc2)n1. The van der Waals surface area contributed by atoms with Crippen LogP contribution >= 0.6 is 0 Å². The van der Waals surface area contributed by atoms with Crippen molar-refractivity contribution in [2.24, 2.45) is 0 Å². The fourth-order valence-corrected chi connectivity index (χ4v) is 7.46. The van der Waals surface area contributed by atoms with Crippen molar-refractivity contribution in [3.63, 3.8) is 0 Å². The first-order chi connectivity index (χ1) is 25.2. The summed E-state index contributed by atoms with van der Waals surface area (Å²) in [4.78, 5) is 5.07. The summed E-state index contributed by atoms with van der Waals surface area (Å²) in [5.41, 5.74) is 13.8. The number of benzene rings is 6. The molecule has 0 saturated carbocycles. The van der Waals surface area contributed by atoms with Crippen molar-refractivity contribution < 1.29 is 0 Å². The number of hydrogen-bond acceptors (Lipinski definition) is 1. The number of nitrogens with zero attached hydrogens (tertiary/aromatic N) is 2. The van der Waals surface area contributed by atoms with Crippen molar-refractivity contribution in [2.45, 2.75) is 13.8 Å². The number of pyridine rings is 1. The first kappa shape index (κ1) is 31.7. The molecule has 8 aromatic rings. The van der Waals surface area contributed by atoms with Crippen LogP contribution in [0.25, 0.3) is 83.9 Å². The van der Waals surface area contributed by atoms with Gasteiger partial charge in [-0.3, -0.25) is 0 Å². The molecule has 0 saturated heterocycles. The lowest BCUT2D eigenvalue weighted by Crippen LogP contribution is -1.98. The zero-order chi connectivity index (χ0) is 34.7. The summed E-state index contributed by atoms with van der Waals surface area (Å²) in [6, 6.07) is 50.1. The molecular weight excluding hydrogens is 617 g/mol. The minimum atomic E-state index is 0.901. The summed E-state index contributed by atoms with van der Waals surface area (Å²) in [5, 5.41) is 4.98. The quantitative estimate of drug-likeness (QED) is 0.149. The zero-order valence-corrected chi connectivity index (χ0v) is 28.9. The number of allylic oxidation sites excluding steroid dienone is 5. The lowest BCUT2D eigenvalue weighted by atomic mass is 9.83. The highest BCUT2D eigenvalue weighted by Gasteiger charge is 2.20. The lowest BCUT2D eigenvalue weighted by molar-refractivity contribution is 1.18. The average molecular weight is 655 g/mol. The van der Waals surface area contributed by atoms with E-state index in [2.05, 4.69) is 177 Å². The fraction of sp³-hybridized carbons (Fsp3) is 0.0408. The highest BCUT2D eigenvalue weighted by atomic mass is 15.0. The molecule has 0 aliphatic heterocycles. The molecule has 6 aromatic carbocycles. The smallest absolute Gasteiger partial charge is 0.0715 e. The van der Waals surface area contributed by atoms with Gasteiger partial charge in [-0.15, -0.1) is 0 Å². The molecule has 0 N–H and O–H groups in total. The highest BCUT2D eigenvalue weighted by Crippen LogP contribution is 2.44. The van der Waals surface area contributed by atoms with Crippen LogP contribution in [0.15, 0.2) is 176 Å². The topological polar surface area (TPSA) is 17.8 Å². The van der Waals surface area contributed by atoms with Gasteiger partial charge in [0.05, 0.1) is 22.4 Å². The molecule has 2 heteroatoms. The number of hydrogen-bond donors (Lipinski definition) is 0. The van der Waals surface area contributed by atoms with Crippen molar-refractivity contribution in [3.8, 4) is 39.2 Å². The Kier molecular flexibility index (Phi) is 8.57. The first-order valence-corrected chi connectivity index (χ1v) is 17.5. The Morgan fingerprint density at radius 3 is 1.80 bits per heavy atom. The molecule has 0 aliphatic rings. The highest BCUT2D eigenvalue weighted by molar-refractivity contribution is 6.11. The third kappa shape index (κ3) is 5.81. The van der Waals surface area contributed by atoms with Gasteiger partial charge < -0.3 is 4.57 Å². The van der Waals surface area contributed by atoms with E-state index in [0.29, 0.717) is 0 Å². The maximum absolute atomic E-state index is 5.07. The average Bonchev–Trinajstić information content (AvgIpc) is 3.52. The van der Waals surface area contributed by atoms with Crippen molar-refractivity contribution in [1.29, 1.82) is 0 Å². The minimum absolute atomic E-state index is 0.901. The van der Waals surface area contributed by atoms with Crippen LogP contribution in [0.1, 0.15) is 23.7 Å². The van der Waals surface area contributed by atoms with Crippen LogP contribution in [-0.4, -0.2) is 9.55 Å². The van der Waals surface area contributed by atoms with E-state index in [4.69, 9.17) is 4.98 Å². The van der Waals surface area contributed by atoms with Crippen LogP contribution in [-0.2, 0) is 0 Å². The molecule has 0 atom stereocenters. The van der Waals surface area contributed by atoms with Crippen LogP contribution in [0.3, 0.4) is 0 Å². The monoisotopic (exact) mass is 654 g/mol. The van der Waals surface area contributed by atoms with Gasteiger partial charge in [0.2, 0.25) is 0 Å². The Morgan fingerprint density at radius 2 is 1.16 bits per heavy atom. The molecule has 51 heavy (non-hydrogen) atoms. The van der Waals surface area contributed by atoms with Crippen LogP contribution in [0.5, 0.6) is 0 Å². The largest absolute Gasteiger partial charge is 0.309 e. The van der Waals surface area contributed by atoms with Gasteiger partial charge in [-0.05, 0) is 100 Å². The van der Waals surface area contributed by atoms with E-state index in [1.54, 1.807) is 6.08 Å². The molecule has 0 radical (unpaired) electrons. The summed E-state index contributed by atoms with van der Waals surface area (Å²) < 4.78 is 2.38. The van der Waals surface area contributed by atoms with Crippen molar-refractivity contribution in [2.75, 3.05) is 0 Å². The predicted octanol–water partition coefficient (Wildman–Crippen LogP) is 13.4. The van der Waals surface area contributed by atoms with Gasteiger partial charge in [0, 0.05) is 22.0 Å². The van der Waals surface area contributed by atoms with E-state index < -0.39 is 0 Å². The van der Waals surface area contributed by atoms with Gasteiger partial charge in [0.1, 0.15) is 0 Å². The number of rotatable bonds is 8. The molecular formula is C49H38N2. The molecule has 2 heterocycles. The van der Waals surface area contributed by atoms with E-state index in [9.17, 15) is 0 Å². The maximum Gasteiger partial charge on any atom is 0.0715 e. The molecule has 2 aromatic heterocycles. The number of fused-ring (bicyclic) bond motifs is 4. The summed E-state index contributed by atoms with van der Waals surface area (Å²) in [6.07, 6.45) is 14.2. The second-order valence-electron chi connectivity index (χ2n) is 12.8. The molecule has 0 fully saturated rings. The standard InChI is InChI=1S/C49H38N2/c1-4-6-7-11-21-38-32-37(33-45(50-38)35-19-9-8-10-20-35)49-40(18-5-2)34(3)48(43-24-12-13-25-44(43)49)36-28-30-39(31-29-36)51-46-26-16-14-22-41(46)42-23-15-17-27-47(42)51/h4-33H,1H2,2-3H3/b7-6-,18-5-,21-11+. The minimum Gasteiger partial charge on any atom is -0.309 e. The Hall–Kier alpha value is -6.51. The van der Waals surface area contributed by atoms with Crippen molar-refractivity contribution >= 4 is 44.7 Å². The van der Waals surface area contributed by atoms with Gasteiger partial charge >= 0.3 is 0 Å². The van der Waals surface area contributed by atoms with E-state index in [1.165, 1.54) is 60.4 Å². The third-order valence-corrected chi connectivity index (χ3v) is 9.67. The van der Waals surface area contributed by atoms with Crippen LogP contribution in [0, 0.1) is 6.92 Å². The predicted molar refractivity (Wildman–Crippen MR) is 220 cm³/mol. The normalized spacial score (nSPS) is 12.0. The second-order valence-corrected chi connectivity index (χ2v) is 12.8. The van der Waals surface area contributed by atoms with Gasteiger partial charge in [-0.2, -0.15) is 0 Å². The van der Waals surface area contributed by atoms with Gasteiger partial charge in [0.15, 0.2) is 0 Å². The second kappa shape index (κ2) is 13.8. The molecule has 0 amide bonds. The molecule has 0 bridgehead atoms. The van der Waals surface area contributed by atoms with E-state index >= 15 is 0 Å². The Labute approximate surface area is 299 Å². The van der Waals surface area contributed by atoms with E-state index in [0.717, 1.165) is 28.2 Å². The lowest BCUT2D eigenvalue weighted by Gasteiger charge is -2.21. The molecule has 0 aliphatic carbocycles. The summed E-state index contributed by atoms with van der Waals surface area (Å²) in [6.45, 7) is 8.16. The summed E-state index contributed by atoms with van der Waals surface area (Å²) in [5.74, 6) is 0. The zero-order valence-electron chi connectivity index (χ0n) is 28.9. The molecule has 0 spiro atoms. The number of aromatic nitrogens is 2. The molecule has 0 unspecified atom stereocenters. The first-order valence-electron chi connectivity index (χ1n) is 17.5. The van der Waals surface area contributed by atoms with Crippen LogP contribution < -0.4 is 0 Å². The van der Waals surface area contributed by atoms with Crippen molar-refractivity contribution in [3.05, 3.63) is 193 Å². The summed E-state index contributed by atoms with van der Waals surface area (Å²) in [7, 11) is 0. The maximum atomic E-state index is 5.07. The summed E-state index contributed by atoms with van der Waals surface area (Å²) >= 11 is 0. The van der Waals surface area contributed by atoms with Gasteiger partial charge in [-0.25, -0.2) is 4.98 Å². The number of para-hydroxylation sites is 2. The van der Waals surface area contributed by atoms with Crippen LogP contribution in [0.4, 0.5) is 0 Å². The third-order valence-electron chi connectivity index (χ3n) is 9.67. The fourth-order valence-electron chi connectivity index (χ4n) is 7.46.